The number of halogens is 1. The van der Waals surface area contributed by atoms with Crippen LogP contribution in [-0.2, 0) is 11.3 Å². The highest BCUT2D eigenvalue weighted by Gasteiger charge is 2.29. The number of nitrogens with one attached hydrogen (secondary N) is 1. The molecule has 0 fully saturated rings. The summed E-state index contributed by atoms with van der Waals surface area (Å²) in [4.78, 5) is 36.2. The van der Waals surface area contributed by atoms with Gasteiger partial charge in [-0.15, -0.1) is 0 Å². The molecule has 0 saturated carbocycles. The van der Waals surface area contributed by atoms with E-state index in [1.54, 1.807) is 26.4 Å². The monoisotopic (exact) mass is 454 g/mol. The molecule has 1 atom stereocenters. The average Bonchev–Trinajstić information content (AvgIpc) is 2.95. The molecule has 166 valence electrons. The maximum Gasteiger partial charge on any atom is 0.248 e. The van der Waals surface area contributed by atoms with Gasteiger partial charge in [0.15, 0.2) is 23.7 Å². The molecule has 1 aliphatic heterocycles. The Hall–Kier alpha value is -3.40. The van der Waals surface area contributed by atoms with Crippen molar-refractivity contribution in [3.05, 3.63) is 65.2 Å². The van der Waals surface area contributed by atoms with E-state index >= 15 is 0 Å². The first-order chi connectivity index (χ1) is 15.5. The number of aldehydes is 1. The zero-order chi connectivity index (χ0) is 23.1. The van der Waals surface area contributed by atoms with Gasteiger partial charge in [-0.1, -0.05) is 41.9 Å². The molecular formula is C22H23ClN6O3. The molecule has 3 heterocycles. The number of nitrogens with zero attached hydrogens (tertiary/aromatic N) is 4. The van der Waals surface area contributed by atoms with E-state index in [0.717, 1.165) is 16.8 Å². The lowest BCUT2D eigenvalue weighted by atomic mass is 10.1. The highest BCUT2D eigenvalue weighted by atomic mass is 35.5. The summed E-state index contributed by atoms with van der Waals surface area (Å²) in [6.45, 7) is 0.623. The van der Waals surface area contributed by atoms with Crippen LogP contribution in [0.3, 0.4) is 0 Å². The lowest BCUT2D eigenvalue weighted by molar-refractivity contribution is -0.120. The summed E-state index contributed by atoms with van der Waals surface area (Å²) in [5, 5.41) is 3.39. The molecule has 1 aliphatic rings. The second kappa shape index (κ2) is 10.8. The standard InChI is InChI=1S/C12H11N3O.C10H12ClN3O2/c13-6-10-7-14-11(8-16)15-12(10)9-4-2-1-3-5-9;1-12-7-5-16-8-3-6(11)4-13-9(8)14(2)10(7)15/h1-5,7-8H,6,13H2;3-4,7,12H,5H2,1-2H3/t;7-/m.0/s1. The van der Waals surface area contributed by atoms with Gasteiger partial charge in [-0.25, -0.2) is 15.0 Å². The van der Waals surface area contributed by atoms with Crippen LogP contribution in [0, 0.1) is 0 Å². The molecule has 32 heavy (non-hydrogen) atoms. The predicted molar refractivity (Wildman–Crippen MR) is 122 cm³/mol. The summed E-state index contributed by atoms with van der Waals surface area (Å²) in [5.74, 6) is 1.13. The van der Waals surface area contributed by atoms with Crippen LogP contribution in [0.1, 0.15) is 16.2 Å². The first kappa shape index (κ1) is 23.3. The van der Waals surface area contributed by atoms with E-state index in [1.807, 2.05) is 30.3 Å². The van der Waals surface area contributed by atoms with Gasteiger partial charge in [-0.2, -0.15) is 0 Å². The zero-order valence-electron chi connectivity index (χ0n) is 17.7. The highest BCUT2D eigenvalue weighted by Crippen LogP contribution is 2.30. The Kier molecular flexibility index (Phi) is 7.82. The van der Waals surface area contributed by atoms with Crippen molar-refractivity contribution < 1.29 is 14.3 Å². The topological polar surface area (TPSA) is 123 Å². The fraction of sp³-hybridized carbons (Fsp3) is 0.227. The fourth-order valence-corrected chi connectivity index (χ4v) is 3.18. The number of hydrogen-bond donors (Lipinski definition) is 2. The third-order valence-corrected chi connectivity index (χ3v) is 4.96. The van der Waals surface area contributed by atoms with Crippen LogP contribution >= 0.6 is 11.6 Å². The average molecular weight is 455 g/mol. The van der Waals surface area contributed by atoms with Gasteiger partial charge >= 0.3 is 0 Å². The molecule has 2 aromatic heterocycles. The highest BCUT2D eigenvalue weighted by molar-refractivity contribution is 6.30. The van der Waals surface area contributed by atoms with E-state index in [4.69, 9.17) is 22.1 Å². The van der Waals surface area contributed by atoms with Crippen molar-refractivity contribution >= 4 is 29.6 Å². The summed E-state index contributed by atoms with van der Waals surface area (Å²) >= 11 is 5.82. The lowest BCUT2D eigenvalue weighted by Gasteiger charge is -2.17. The zero-order valence-corrected chi connectivity index (χ0v) is 18.4. The largest absolute Gasteiger partial charge is 0.487 e. The molecule has 10 heteroatoms. The first-order valence-corrected chi connectivity index (χ1v) is 10.2. The number of carbonyl (C=O) groups is 2. The third kappa shape index (κ3) is 5.25. The summed E-state index contributed by atoms with van der Waals surface area (Å²) < 4.78 is 5.50. The number of hydrogen-bond acceptors (Lipinski definition) is 8. The third-order valence-electron chi connectivity index (χ3n) is 4.76. The van der Waals surface area contributed by atoms with Gasteiger partial charge in [0.25, 0.3) is 0 Å². The molecule has 1 aromatic carbocycles. The van der Waals surface area contributed by atoms with Crippen molar-refractivity contribution in [2.45, 2.75) is 12.6 Å². The van der Waals surface area contributed by atoms with E-state index in [-0.39, 0.29) is 24.4 Å². The van der Waals surface area contributed by atoms with Crippen LogP contribution in [0.2, 0.25) is 5.02 Å². The van der Waals surface area contributed by atoms with Crippen LogP contribution in [-0.4, -0.2) is 53.9 Å². The van der Waals surface area contributed by atoms with Gasteiger partial charge in [0.05, 0.1) is 10.7 Å². The van der Waals surface area contributed by atoms with E-state index < -0.39 is 0 Å². The van der Waals surface area contributed by atoms with Gasteiger partial charge in [0.1, 0.15) is 12.6 Å². The van der Waals surface area contributed by atoms with Crippen LogP contribution in [0.4, 0.5) is 5.82 Å². The number of carbonyl (C=O) groups excluding carboxylic acids is 2. The molecule has 0 radical (unpaired) electrons. The van der Waals surface area contributed by atoms with Crippen LogP contribution in [0.25, 0.3) is 11.3 Å². The number of rotatable bonds is 4. The van der Waals surface area contributed by atoms with Gasteiger partial charge in [-0.3, -0.25) is 14.5 Å². The van der Waals surface area contributed by atoms with Crippen molar-refractivity contribution in [2.24, 2.45) is 5.73 Å². The Labute approximate surface area is 190 Å². The summed E-state index contributed by atoms with van der Waals surface area (Å²) in [5.41, 5.74) is 8.10. The molecule has 0 bridgehead atoms. The van der Waals surface area contributed by atoms with Gasteiger partial charge < -0.3 is 15.8 Å². The maximum absolute atomic E-state index is 11.9. The number of nitrogens with two attached hydrogens (primary N) is 1. The van der Waals surface area contributed by atoms with Crippen LogP contribution < -0.4 is 20.7 Å². The van der Waals surface area contributed by atoms with Gasteiger partial charge in [0, 0.05) is 43.2 Å². The Bertz CT molecular complexity index is 1100. The number of fused-ring (bicyclic) bond motifs is 1. The second-order valence-electron chi connectivity index (χ2n) is 6.81. The number of amides is 1. The molecule has 0 unspecified atom stereocenters. The van der Waals surface area contributed by atoms with E-state index in [2.05, 4.69) is 20.3 Å². The number of pyridine rings is 1. The van der Waals surface area contributed by atoms with Crippen molar-refractivity contribution in [3.8, 4) is 17.0 Å². The van der Waals surface area contributed by atoms with Crippen LogP contribution in [0.5, 0.6) is 5.75 Å². The van der Waals surface area contributed by atoms with Crippen LogP contribution in [0.15, 0.2) is 48.8 Å². The number of ether oxygens (including phenoxy) is 1. The van der Waals surface area contributed by atoms with Crippen molar-refractivity contribution in [1.82, 2.24) is 20.3 Å². The maximum atomic E-state index is 11.9. The Morgan fingerprint density at radius 2 is 2.03 bits per heavy atom. The van der Waals surface area contributed by atoms with E-state index in [9.17, 15) is 9.59 Å². The number of benzene rings is 1. The smallest absolute Gasteiger partial charge is 0.248 e. The number of anilines is 1. The lowest BCUT2D eigenvalue weighted by Crippen LogP contribution is -2.45. The Morgan fingerprint density at radius 1 is 1.28 bits per heavy atom. The molecule has 1 amide bonds. The Morgan fingerprint density at radius 3 is 2.69 bits per heavy atom. The Balaban J connectivity index is 0.000000181. The van der Waals surface area contributed by atoms with Crippen molar-refractivity contribution in [2.75, 3.05) is 25.6 Å². The normalized spacial score (nSPS) is 15.1. The molecule has 0 aliphatic carbocycles. The SMILES string of the molecule is CN[C@H]1COc2cc(Cl)cnc2N(C)C1=O.NCc1cnc(C=O)nc1-c1ccccc1. The van der Waals surface area contributed by atoms with Crippen molar-refractivity contribution in [1.29, 1.82) is 0 Å². The van der Waals surface area contributed by atoms with E-state index in [0.29, 0.717) is 29.4 Å². The molecule has 4 rings (SSSR count). The minimum Gasteiger partial charge on any atom is -0.487 e. The first-order valence-electron chi connectivity index (χ1n) is 9.78. The molecule has 0 saturated heterocycles. The quantitative estimate of drug-likeness (QED) is 0.574. The second-order valence-corrected chi connectivity index (χ2v) is 7.25. The minimum absolute atomic E-state index is 0.0731. The molecule has 3 aromatic rings. The van der Waals surface area contributed by atoms with Gasteiger partial charge in [0.2, 0.25) is 5.91 Å². The summed E-state index contributed by atoms with van der Waals surface area (Å²) in [6, 6.07) is 10.9. The number of aromatic nitrogens is 3. The predicted octanol–water partition coefficient (Wildman–Crippen LogP) is 2.09. The molecular weight excluding hydrogens is 432 g/mol. The summed E-state index contributed by atoms with van der Waals surface area (Å²) in [7, 11) is 3.39. The summed E-state index contributed by atoms with van der Waals surface area (Å²) in [6.07, 6.45) is 3.72. The molecule has 9 nitrogen and oxygen atoms in total. The molecule has 0 spiro atoms. The number of likely N-dealkylation sites (N-methyl/N-ethyl adjacent to an activating group) is 2. The minimum atomic E-state index is -0.363. The van der Waals surface area contributed by atoms with Crippen molar-refractivity contribution in [3.63, 3.8) is 0 Å². The van der Waals surface area contributed by atoms with Gasteiger partial charge in [-0.05, 0) is 7.05 Å². The van der Waals surface area contributed by atoms with E-state index in [1.165, 1.54) is 11.1 Å². The fourth-order valence-electron chi connectivity index (χ4n) is 3.03. The molecule has 3 N–H and O–H groups in total.